The zero-order valence-electron chi connectivity index (χ0n) is 6.25. The first kappa shape index (κ1) is 9.90. The number of hydrogen-bond donors (Lipinski definition) is 1. The van der Waals surface area contributed by atoms with Crippen LogP contribution < -0.4 is 5.73 Å². The van der Waals surface area contributed by atoms with Gasteiger partial charge in [-0.05, 0) is 0 Å². The van der Waals surface area contributed by atoms with E-state index in [-0.39, 0.29) is 10.8 Å². The van der Waals surface area contributed by atoms with Crippen LogP contribution in [0.3, 0.4) is 0 Å². The Balaban J connectivity index is 2.75. The van der Waals surface area contributed by atoms with Crippen molar-refractivity contribution in [2.45, 2.75) is 12.7 Å². The predicted molar refractivity (Wildman–Crippen MR) is 42.0 cm³/mol. The lowest BCUT2D eigenvalue weighted by atomic mass is 10.6. The molecule has 1 rings (SSSR count). The summed E-state index contributed by atoms with van der Waals surface area (Å²) in [4.78, 5) is 3.36. The van der Waals surface area contributed by atoms with Crippen molar-refractivity contribution >= 4 is 17.2 Å². The molecule has 0 aliphatic heterocycles. The topological polar surface area (TPSA) is 56.7 Å². The van der Waals surface area contributed by atoms with Crippen molar-refractivity contribution in [2.75, 3.05) is 0 Å². The first-order chi connectivity index (χ1) is 5.88. The van der Waals surface area contributed by atoms with Crippen molar-refractivity contribution in [3.05, 3.63) is 12.2 Å². The lowest BCUT2D eigenvalue weighted by molar-refractivity contribution is -0.142. The summed E-state index contributed by atoms with van der Waals surface area (Å²) in [5, 5.41) is 3.41. The van der Waals surface area contributed by atoms with Crippen LogP contribution in [0.5, 0.6) is 0 Å². The van der Waals surface area contributed by atoms with E-state index in [1.807, 2.05) is 0 Å². The van der Waals surface area contributed by atoms with Gasteiger partial charge in [-0.3, -0.25) is 0 Å². The third-order valence-electron chi connectivity index (χ3n) is 1.10. The Morgan fingerprint density at radius 1 is 1.62 bits per heavy atom. The second-order valence-electron chi connectivity index (χ2n) is 2.25. The van der Waals surface area contributed by atoms with E-state index in [1.165, 1.54) is 0 Å². The summed E-state index contributed by atoms with van der Waals surface area (Å²) in [5.41, 5.74) is 5.10. The molecule has 4 nitrogen and oxygen atoms in total. The number of rotatable bonds is 2. The molecule has 0 saturated heterocycles. The molecular formula is C5H5F3N4S. The number of nitrogens with two attached hydrogens (primary N) is 1. The van der Waals surface area contributed by atoms with Crippen LogP contribution in [0.25, 0.3) is 0 Å². The van der Waals surface area contributed by atoms with E-state index in [4.69, 9.17) is 5.73 Å². The number of aromatic nitrogens is 3. The summed E-state index contributed by atoms with van der Waals surface area (Å²) in [6, 6.07) is 0. The third-order valence-corrected chi connectivity index (χ3v) is 1.28. The van der Waals surface area contributed by atoms with Gasteiger partial charge in [0.1, 0.15) is 17.9 Å². The minimum Gasteiger partial charge on any atom is -0.387 e. The molecule has 72 valence electrons. The van der Waals surface area contributed by atoms with Gasteiger partial charge in [0.15, 0.2) is 0 Å². The molecule has 0 aromatic carbocycles. The van der Waals surface area contributed by atoms with Gasteiger partial charge in [-0.15, -0.1) is 5.10 Å². The van der Waals surface area contributed by atoms with E-state index >= 15 is 0 Å². The maximum absolute atomic E-state index is 11.8. The van der Waals surface area contributed by atoms with Gasteiger partial charge in [-0.1, -0.05) is 12.2 Å². The van der Waals surface area contributed by atoms with Crippen molar-refractivity contribution in [1.82, 2.24) is 14.8 Å². The zero-order valence-corrected chi connectivity index (χ0v) is 7.06. The fourth-order valence-corrected chi connectivity index (χ4v) is 0.761. The molecule has 13 heavy (non-hydrogen) atoms. The van der Waals surface area contributed by atoms with Crippen molar-refractivity contribution in [3.8, 4) is 0 Å². The third kappa shape index (κ3) is 2.98. The van der Waals surface area contributed by atoms with Gasteiger partial charge >= 0.3 is 6.18 Å². The minimum atomic E-state index is -4.32. The molecule has 0 spiro atoms. The zero-order chi connectivity index (χ0) is 10.1. The quantitative estimate of drug-likeness (QED) is 0.721. The van der Waals surface area contributed by atoms with Crippen LogP contribution in [-0.4, -0.2) is 25.9 Å². The van der Waals surface area contributed by atoms with Crippen LogP contribution in [0.1, 0.15) is 5.82 Å². The van der Waals surface area contributed by atoms with E-state index < -0.39 is 12.7 Å². The SMILES string of the molecule is NC(=S)c1ncn(CC(F)(F)F)n1. The molecule has 0 amide bonds. The smallest absolute Gasteiger partial charge is 0.387 e. The summed E-state index contributed by atoms with van der Waals surface area (Å²) in [5.74, 6) is -0.0562. The van der Waals surface area contributed by atoms with Crippen molar-refractivity contribution in [1.29, 1.82) is 0 Å². The average molecular weight is 210 g/mol. The maximum Gasteiger partial charge on any atom is 0.408 e. The van der Waals surface area contributed by atoms with E-state index in [0.717, 1.165) is 6.33 Å². The van der Waals surface area contributed by atoms with E-state index in [2.05, 4.69) is 22.3 Å². The number of alkyl halides is 3. The lowest BCUT2D eigenvalue weighted by Gasteiger charge is -2.04. The molecule has 1 aromatic heterocycles. The fourth-order valence-electron chi connectivity index (χ4n) is 0.667. The fraction of sp³-hybridized carbons (Fsp3) is 0.400. The molecule has 0 aliphatic rings. The molecule has 2 N–H and O–H groups in total. The van der Waals surface area contributed by atoms with Gasteiger partial charge in [0.25, 0.3) is 0 Å². The normalized spacial score (nSPS) is 11.6. The molecule has 0 fully saturated rings. The van der Waals surface area contributed by atoms with Gasteiger partial charge in [-0.2, -0.15) is 13.2 Å². The second kappa shape index (κ2) is 3.29. The summed E-state index contributed by atoms with van der Waals surface area (Å²) < 4.78 is 36.0. The molecule has 0 aliphatic carbocycles. The highest BCUT2D eigenvalue weighted by Crippen LogP contribution is 2.16. The molecule has 1 heterocycles. The molecule has 0 atom stereocenters. The first-order valence-electron chi connectivity index (χ1n) is 3.14. The van der Waals surface area contributed by atoms with Crippen LogP contribution in [-0.2, 0) is 6.54 Å². The van der Waals surface area contributed by atoms with Crippen LogP contribution in [0, 0.1) is 0 Å². The largest absolute Gasteiger partial charge is 0.408 e. The molecule has 1 aromatic rings. The Morgan fingerprint density at radius 3 is 2.62 bits per heavy atom. The van der Waals surface area contributed by atoms with E-state index in [9.17, 15) is 13.2 Å². The molecule has 8 heteroatoms. The highest BCUT2D eigenvalue weighted by atomic mass is 32.1. The van der Waals surface area contributed by atoms with E-state index in [1.54, 1.807) is 0 Å². The number of nitrogens with zero attached hydrogens (tertiary/aromatic N) is 3. The van der Waals surface area contributed by atoms with Crippen molar-refractivity contribution < 1.29 is 13.2 Å². The van der Waals surface area contributed by atoms with Crippen LogP contribution in [0.4, 0.5) is 13.2 Å². The Hall–Kier alpha value is -1.18. The summed E-state index contributed by atoms with van der Waals surface area (Å²) in [7, 11) is 0. The van der Waals surface area contributed by atoms with Gasteiger partial charge in [-0.25, -0.2) is 9.67 Å². The van der Waals surface area contributed by atoms with Crippen LogP contribution >= 0.6 is 12.2 Å². The molecular weight excluding hydrogens is 205 g/mol. The minimum absolute atomic E-state index is 0.0562. The Kier molecular flexibility index (Phi) is 2.50. The predicted octanol–water partition coefficient (Wildman–Crippen LogP) is 0.475. The average Bonchev–Trinajstić information content (AvgIpc) is 2.31. The Bertz CT molecular complexity index is 318. The Labute approximate surface area is 76.5 Å². The highest BCUT2D eigenvalue weighted by Gasteiger charge is 2.28. The number of halogens is 3. The summed E-state index contributed by atoms with van der Waals surface area (Å²) >= 11 is 4.47. The standard InChI is InChI=1S/C5H5F3N4S/c6-5(7,8)1-12-2-10-4(11-12)3(9)13/h2H,1H2,(H2,9,13). The van der Waals surface area contributed by atoms with Gasteiger partial charge < -0.3 is 5.73 Å². The maximum atomic E-state index is 11.8. The summed E-state index contributed by atoms with van der Waals surface area (Å²) in [6.07, 6.45) is -3.39. The number of thiocarbonyl (C=S) groups is 1. The second-order valence-corrected chi connectivity index (χ2v) is 2.69. The summed E-state index contributed by atoms with van der Waals surface area (Å²) in [6.45, 7) is -1.19. The van der Waals surface area contributed by atoms with Gasteiger partial charge in [0.2, 0.25) is 5.82 Å². The van der Waals surface area contributed by atoms with Crippen LogP contribution in [0.2, 0.25) is 0 Å². The molecule has 0 saturated carbocycles. The van der Waals surface area contributed by atoms with Crippen molar-refractivity contribution in [2.24, 2.45) is 5.73 Å². The van der Waals surface area contributed by atoms with E-state index in [0.29, 0.717) is 4.68 Å². The monoisotopic (exact) mass is 210 g/mol. The van der Waals surface area contributed by atoms with Gasteiger partial charge in [0.05, 0.1) is 0 Å². The van der Waals surface area contributed by atoms with Gasteiger partial charge in [0, 0.05) is 0 Å². The molecule has 0 radical (unpaired) electrons. The molecule has 0 unspecified atom stereocenters. The molecule has 0 bridgehead atoms. The lowest BCUT2D eigenvalue weighted by Crippen LogP contribution is -2.19. The number of hydrogen-bond acceptors (Lipinski definition) is 3. The Morgan fingerprint density at radius 2 is 2.23 bits per heavy atom. The highest BCUT2D eigenvalue weighted by molar-refractivity contribution is 7.80. The van der Waals surface area contributed by atoms with Crippen molar-refractivity contribution in [3.63, 3.8) is 0 Å². The van der Waals surface area contributed by atoms with Crippen LogP contribution in [0.15, 0.2) is 6.33 Å². The first-order valence-corrected chi connectivity index (χ1v) is 3.55.